The maximum atomic E-state index is 11.9. The van der Waals surface area contributed by atoms with E-state index in [0.29, 0.717) is 11.8 Å². The van der Waals surface area contributed by atoms with Gasteiger partial charge in [0, 0.05) is 11.8 Å². The monoisotopic (exact) mass is 301 g/mol. The van der Waals surface area contributed by atoms with Gasteiger partial charge < -0.3 is 5.73 Å². The maximum Gasteiger partial charge on any atom is 0.150 e. The molecule has 0 heterocycles. The Labute approximate surface area is 124 Å². The Morgan fingerprint density at radius 3 is 2.35 bits per heavy atom. The van der Waals surface area contributed by atoms with Crippen LogP contribution in [0.15, 0.2) is 0 Å². The standard InChI is InChI=1S/C16H31NO2S/c1-12-9-15(2,3)11-16(17,10-12)13-6-5-7-14(8-13)20(4,18)19/h12-14H,5-11,17H2,1-4H3. The van der Waals surface area contributed by atoms with Gasteiger partial charge in [-0.3, -0.25) is 0 Å². The molecule has 4 heteroatoms. The molecule has 0 spiro atoms. The SMILES string of the molecule is CC1CC(C)(C)CC(N)(C2CCCC(S(C)(=O)=O)C2)C1. The zero-order valence-electron chi connectivity index (χ0n) is 13.5. The Hall–Kier alpha value is -0.0900. The molecule has 4 unspecified atom stereocenters. The van der Waals surface area contributed by atoms with Gasteiger partial charge in [0.05, 0.1) is 5.25 Å². The van der Waals surface area contributed by atoms with E-state index in [1.54, 1.807) is 0 Å². The summed E-state index contributed by atoms with van der Waals surface area (Å²) in [6, 6.07) is 0. The zero-order valence-corrected chi connectivity index (χ0v) is 14.3. The molecule has 3 nitrogen and oxygen atoms in total. The van der Waals surface area contributed by atoms with Gasteiger partial charge in [0.1, 0.15) is 9.84 Å². The minimum atomic E-state index is -2.92. The fourth-order valence-electron chi connectivity index (χ4n) is 5.07. The second-order valence-corrected chi connectivity index (χ2v) is 10.7. The minimum absolute atomic E-state index is 0.162. The van der Waals surface area contributed by atoms with Crippen LogP contribution in [0.3, 0.4) is 0 Å². The summed E-state index contributed by atoms with van der Waals surface area (Å²) in [5.74, 6) is 1.01. The smallest absolute Gasteiger partial charge is 0.150 e. The van der Waals surface area contributed by atoms with Crippen molar-refractivity contribution >= 4 is 9.84 Å². The van der Waals surface area contributed by atoms with Gasteiger partial charge in [-0.25, -0.2) is 8.42 Å². The molecule has 0 aromatic rings. The molecule has 0 aromatic carbocycles. The van der Waals surface area contributed by atoms with Crippen molar-refractivity contribution in [3.8, 4) is 0 Å². The highest BCUT2D eigenvalue weighted by atomic mass is 32.2. The van der Waals surface area contributed by atoms with Gasteiger partial charge in [-0.15, -0.1) is 0 Å². The van der Waals surface area contributed by atoms with Crippen LogP contribution in [-0.2, 0) is 9.84 Å². The Kier molecular flexibility index (Phi) is 4.29. The summed E-state index contributed by atoms with van der Waals surface area (Å²) in [4.78, 5) is 0. The van der Waals surface area contributed by atoms with Crippen molar-refractivity contribution in [3.05, 3.63) is 0 Å². The third-order valence-electron chi connectivity index (χ3n) is 5.48. The molecule has 118 valence electrons. The van der Waals surface area contributed by atoms with E-state index in [1.807, 2.05) is 0 Å². The summed E-state index contributed by atoms with van der Waals surface area (Å²) in [6.07, 6.45) is 8.41. The number of hydrogen-bond acceptors (Lipinski definition) is 3. The molecule has 2 rings (SSSR count). The van der Waals surface area contributed by atoms with Crippen LogP contribution in [0.4, 0.5) is 0 Å². The second-order valence-electron chi connectivity index (χ2n) is 8.40. The Morgan fingerprint density at radius 2 is 1.80 bits per heavy atom. The second kappa shape index (κ2) is 5.28. The van der Waals surface area contributed by atoms with Crippen molar-refractivity contribution < 1.29 is 8.42 Å². The van der Waals surface area contributed by atoms with Crippen molar-refractivity contribution in [3.63, 3.8) is 0 Å². The van der Waals surface area contributed by atoms with E-state index in [1.165, 1.54) is 12.7 Å². The molecule has 4 atom stereocenters. The number of rotatable bonds is 2. The van der Waals surface area contributed by atoms with E-state index >= 15 is 0 Å². The number of nitrogens with two attached hydrogens (primary N) is 1. The van der Waals surface area contributed by atoms with E-state index in [9.17, 15) is 8.42 Å². The van der Waals surface area contributed by atoms with E-state index in [-0.39, 0.29) is 16.2 Å². The summed E-state index contributed by atoms with van der Waals surface area (Å²) in [6.45, 7) is 6.90. The zero-order chi connectivity index (χ0) is 15.2. The maximum absolute atomic E-state index is 11.9. The molecule has 0 aliphatic heterocycles. The third kappa shape index (κ3) is 3.56. The van der Waals surface area contributed by atoms with Crippen molar-refractivity contribution in [1.82, 2.24) is 0 Å². The molecule has 0 aromatic heterocycles. The topological polar surface area (TPSA) is 60.2 Å². The molecule has 20 heavy (non-hydrogen) atoms. The predicted octanol–water partition coefficient (Wildman–Crippen LogP) is 3.13. The first-order valence-electron chi connectivity index (χ1n) is 8.00. The lowest BCUT2D eigenvalue weighted by atomic mass is 9.58. The molecule has 0 radical (unpaired) electrons. The highest BCUT2D eigenvalue weighted by molar-refractivity contribution is 7.91. The van der Waals surface area contributed by atoms with E-state index in [2.05, 4.69) is 20.8 Å². The van der Waals surface area contributed by atoms with Crippen LogP contribution in [0, 0.1) is 17.3 Å². The van der Waals surface area contributed by atoms with Crippen molar-refractivity contribution in [2.45, 2.75) is 76.5 Å². The number of hydrogen-bond donors (Lipinski definition) is 1. The summed E-state index contributed by atoms with van der Waals surface area (Å²) in [5.41, 5.74) is 6.93. The lowest BCUT2D eigenvalue weighted by Crippen LogP contribution is -2.56. The first-order valence-corrected chi connectivity index (χ1v) is 9.95. The minimum Gasteiger partial charge on any atom is -0.325 e. The molecule has 2 aliphatic rings. The Bertz CT molecular complexity index is 457. The average molecular weight is 301 g/mol. The molecule has 0 bridgehead atoms. The van der Waals surface area contributed by atoms with Gasteiger partial charge in [-0.05, 0) is 55.8 Å². The van der Waals surface area contributed by atoms with E-state index < -0.39 is 9.84 Å². The molecule has 2 saturated carbocycles. The summed E-state index contributed by atoms with van der Waals surface area (Å²) >= 11 is 0. The van der Waals surface area contributed by atoms with Gasteiger partial charge in [-0.2, -0.15) is 0 Å². The summed E-state index contributed by atoms with van der Waals surface area (Å²) in [7, 11) is -2.92. The van der Waals surface area contributed by atoms with Gasteiger partial charge in [0.2, 0.25) is 0 Å². The Morgan fingerprint density at radius 1 is 1.15 bits per heavy atom. The Balaban J connectivity index is 2.17. The first-order chi connectivity index (χ1) is 9.02. The lowest BCUT2D eigenvalue weighted by Gasteiger charge is -2.51. The molecular formula is C16H31NO2S. The average Bonchev–Trinajstić information content (AvgIpc) is 2.24. The molecular weight excluding hydrogens is 270 g/mol. The predicted molar refractivity (Wildman–Crippen MR) is 84.3 cm³/mol. The van der Waals surface area contributed by atoms with Gasteiger partial charge in [0.25, 0.3) is 0 Å². The molecule has 2 aliphatic carbocycles. The van der Waals surface area contributed by atoms with Crippen LogP contribution < -0.4 is 5.73 Å². The fraction of sp³-hybridized carbons (Fsp3) is 1.00. The van der Waals surface area contributed by atoms with Gasteiger partial charge >= 0.3 is 0 Å². The van der Waals surface area contributed by atoms with Crippen molar-refractivity contribution in [2.24, 2.45) is 23.0 Å². The van der Waals surface area contributed by atoms with Crippen LogP contribution in [0.1, 0.15) is 65.7 Å². The normalized spacial score (nSPS) is 42.4. The van der Waals surface area contributed by atoms with Crippen LogP contribution in [0.5, 0.6) is 0 Å². The molecule has 2 fully saturated rings. The van der Waals surface area contributed by atoms with Gasteiger partial charge in [-0.1, -0.05) is 27.2 Å². The highest BCUT2D eigenvalue weighted by Gasteiger charge is 2.46. The lowest BCUT2D eigenvalue weighted by molar-refractivity contribution is 0.0526. The first kappa shape index (κ1) is 16.3. The van der Waals surface area contributed by atoms with Crippen LogP contribution in [0.2, 0.25) is 0 Å². The quantitative estimate of drug-likeness (QED) is 0.852. The van der Waals surface area contributed by atoms with E-state index in [0.717, 1.165) is 38.5 Å². The van der Waals surface area contributed by atoms with Crippen LogP contribution in [-0.4, -0.2) is 25.5 Å². The molecule has 0 amide bonds. The highest BCUT2D eigenvalue weighted by Crippen LogP contribution is 2.49. The van der Waals surface area contributed by atoms with Crippen molar-refractivity contribution in [2.75, 3.05) is 6.26 Å². The molecule has 0 saturated heterocycles. The van der Waals surface area contributed by atoms with Crippen LogP contribution >= 0.6 is 0 Å². The summed E-state index contributed by atoms with van der Waals surface area (Å²) in [5, 5.41) is -0.165. The van der Waals surface area contributed by atoms with E-state index in [4.69, 9.17) is 5.73 Å². The third-order valence-corrected chi connectivity index (χ3v) is 7.12. The largest absolute Gasteiger partial charge is 0.325 e. The molecule has 2 N–H and O–H groups in total. The van der Waals surface area contributed by atoms with Gasteiger partial charge in [0.15, 0.2) is 0 Å². The fourth-order valence-corrected chi connectivity index (χ4v) is 6.24. The van der Waals surface area contributed by atoms with Crippen LogP contribution in [0.25, 0.3) is 0 Å². The number of sulfone groups is 1. The summed E-state index contributed by atoms with van der Waals surface area (Å²) < 4.78 is 23.7. The van der Waals surface area contributed by atoms with Crippen molar-refractivity contribution in [1.29, 1.82) is 0 Å².